The first-order valence-corrected chi connectivity index (χ1v) is 17.7. The van der Waals surface area contributed by atoms with Gasteiger partial charge in [-0.2, -0.15) is 5.06 Å². The van der Waals surface area contributed by atoms with Gasteiger partial charge in [-0.05, 0) is 92.3 Å². The highest BCUT2D eigenvalue weighted by Gasteiger charge is 2.58. The van der Waals surface area contributed by atoms with Gasteiger partial charge >= 0.3 is 0 Å². The molecule has 0 spiro atoms. The normalized spacial score (nSPS) is 47.7. The van der Waals surface area contributed by atoms with Crippen LogP contribution in [0.15, 0.2) is 0 Å². The van der Waals surface area contributed by atoms with E-state index in [0.29, 0.717) is 35.6 Å². The van der Waals surface area contributed by atoms with Crippen LogP contribution in [0.3, 0.4) is 0 Å². The Morgan fingerprint density at radius 1 is 1.02 bits per heavy atom. The molecular formula is C35H60N2O5. The Balaban J connectivity index is 1.18. The van der Waals surface area contributed by atoms with Crippen molar-refractivity contribution in [1.29, 1.82) is 0 Å². The third-order valence-corrected chi connectivity index (χ3v) is 13.9. The van der Waals surface area contributed by atoms with Gasteiger partial charge in [0.05, 0.1) is 18.8 Å². The number of amides is 1. The lowest BCUT2D eigenvalue weighted by atomic mass is 9.45. The van der Waals surface area contributed by atoms with Gasteiger partial charge < -0.3 is 20.3 Å². The molecular weight excluding hydrogens is 528 g/mol. The van der Waals surface area contributed by atoms with Crippen LogP contribution in [0.2, 0.25) is 0 Å². The van der Waals surface area contributed by atoms with Crippen LogP contribution in [0.1, 0.15) is 105 Å². The number of carbonyl (C=O) groups excluding carboxylic acids is 1. The van der Waals surface area contributed by atoms with Crippen molar-refractivity contribution in [3.63, 3.8) is 0 Å². The highest BCUT2D eigenvalue weighted by molar-refractivity contribution is 5.82. The summed E-state index contributed by atoms with van der Waals surface area (Å²) in [7, 11) is 1.89. The van der Waals surface area contributed by atoms with Gasteiger partial charge in [0.25, 0.3) is 0 Å². The maximum atomic E-state index is 14.1. The summed E-state index contributed by atoms with van der Waals surface area (Å²) in [6, 6.07) is -0.463. The predicted octanol–water partition coefficient (Wildman–Crippen LogP) is 5.18. The highest BCUT2D eigenvalue weighted by atomic mass is 16.7. The van der Waals surface area contributed by atoms with Gasteiger partial charge in [-0.3, -0.25) is 9.63 Å². The number of carbonyl (C=O) groups is 1. The number of ether oxygens (including phenoxy) is 1. The molecule has 7 fully saturated rings. The lowest BCUT2D eigenvalue weighted by Gasteiger charge is -2.62. The third-order valence-electron chi connectivity index (χ3n) is 13.9. The van der Waals surface area contributed by atoms with E-state index in [1.54, 1.807) is 6.92 Å². The largest absolute Gasteiger partial charge is 0.394 e. The molecule has 7 heteroatoms. The molecule has 7 aliphatic rings. The maximum absolute atomic E-state index is 14.1. The number of methoxy groups -OCH3 is 1. The quantitative estimate of drug-likeness (QED) is 0.362. The van der Waals surface area contributed by atoms with E-state index in [-0.39, 0.29) is 30.6 Å². The molecule has 6 aliphatic carbocycles. The maximum Gasteiger partial charge on any atom is 0.240 e. The first-order valence-electron chi connectivity index (χ1n) is 17.7. The van der Waals surface area contributed by atoms with Gasteiger partial charge in [0, 0.05) is 31.5 Å². The Hall–Kier alpha value is -0.730. The van der Waals surface area contributed by atoms with E-state index in [0.717, 1.165) is 30.6 Å². The lowest BCUT2D eigenvalue weighted by Crippen LogP contribution is -2.62. The first-order chi connectivity index (χ1) is 20.1. The number of hydrogen-bond donors (Lipinski definition) is 3. The van der Waals surface area contributed by atoms with Crippen LogP contribution in [0.4, 0.5) is 0 Å². The van der Waals surface area contributed by atoms with Crippen molar-refractivity contribution in [3.05, 3.63) is 0 Å². The fraction of sp³-hybridized carbons (Fsp3) is 0.971. The van der Waals surface area contributed by atoms with E-state index >= 15 is 0 Å². The summed E-state index contributed by atoms with van der Waals surface area (Å²) in [4.78, 5) is 20.5. The summed E-state index contributed by atoms with van der Waals surface area (Å²) in [5.41, 5.74) is 0.357. The Bertz CT molecular complexity index is 940. The molecule has 6 saturated carbocycles. The van der Waals surface area contributed by atoms with Crippen LogP contribution < -0.4 is 5.32 Å². The van der Waals surface area contributed by atoms with Crippen LogP contribution in [0.5, 0.6) is 0 Å². The zero-order valence-corrected chi connectivity index (χ0v) is 27.0. The minimum atomic E-state index is -0.762. The molecule has 3 N–H and O–H groups in total. The van der Waals surface area contributed by atoms with Crippen molar-refractivity contribution in [2.45, 2.75) is 135 Å². The lowest BCUT2D eigenvalue weighted by molar-refractivity contribution is -0.194. The molecule has 0 aromatic rings. The molecule has 0 aromatic carbocycles. The summed E-state index contributed by atoms with van der Waals surface area (Å²) in [5.74, 6) is 4.53. The summed E-state index contributed by atoms with van der Waals surface area (Å²) in [6.07, 6.45) is 14.3. The molecule has 1 aliphatic heterocycles. The second kappa shape index (κ2) is 12.6. The molecule has 0 aromatic heterocycles. The number of hydroxylamine groups is 2. The summed E-state index contributed by atoms with van der Waals surface area (Å²) < 4.78 is 6.37. The van der Waals surface area contributed by atoms with Crippen LogP contribution in [0, 0.1) is 58.7 Å². The zero-order chi connectivity index (χ0) is 29.8. The molecule has 1 saturated heterocycles. The van der Waals surface area contributed by atoms with E-state index in [1.165, 1.54) is 64.2 Å². The van der Waals surface area contributed by atoms with Gasteiger partial charge in [-0.25, -0.2) is 0 Å². The zero-order valence-electron chi connectivity index (χ0n) is 27.0. The Morgan fingerprint density at radius 3 is 2.40 bits per heavy atom. The average Bonchev–Trinajstić information content (AvgIpc) is 3.36. The van der Waals surface area contributed by atoms with Crippen molar-refractivity contribution in [1.82, 2.24) is 10.4 Å². The van der Waals surface area contributed by atoms with Gasteiger partial charge in [-0.1, -0.05) is 59.3 Å². The highest BCUT2D eigenvalue weighted by Crippen LogP contribution is 2.61. The Morgan fingerprint density at radius 2 is 1.71 bits per heavy atom. The molecule has 240 valence electrons. The average molecular weight is 589 g/mol. The SMILES string of the molecule is COC1C(CN2O[C@@H](CO)[C@H]([C@H](C)O)[C@H]2C(=O)N[C@H]2C[C@H]3C[C@@H](C2C)C3(C)C)CCCC1C1CCCC2CCCCC21. The van der Waals surface area contributed by atoms with Crippen molar-refractivity contribution < 1.29 is 24.6 Å². The molecule has 1 amide bonds. The van der Waals surface area contributed by atoms with E-state index in [1.807, 2.05) is 12.2 Å². The molecule has 7 rings (SSSR count). The monoisotopic (exact) mass is 588 g/mol. The molecule has 7 nitrogen and oxygen atoms in total. The van der Waals surface area contributed by atoms with Crippen LogP contribution in [0.25, 0.3) is 0 Å². The molecule has 14 atom stereocenters. The Labute approximate surface area is 254 Å². The third kappa shape index (κ3) is 5.50. The van der Waals surface area contributed by atoms with Crippen LogP contribution >= 0.6 is 0 Å². The second-order valence-electron chi connectivity index (χ2n) is 16.1. The number of hydrogen-bond acceptors (Lipinski definition) is 6. The fourth-order valence-corrected chi connectivity index (χ4v) is 11.6. The summed E-state index contributed by atoms with van der Waals surface area (Å²) >= 11 is 0. The number of aliphatic hydroxyl groups excluding tert-OH is 2. The minimum absolute atomic E-state index is 0.0496. The molecule has 42 heavy (non-hydrogen) atoms. The number of fused-ring (bicyclic) bond motifs is 3. The number of aliphatic hydroxyl groups is 2. The number of nitrogens with zero attached hydrogens (tertiary/aromatic N) is 1. The smallest absolute Gasteiger partial charge is 0.240 e. The summed E-state index contributed by atoms with van der Waals surface area (Å²) in [6.45, 7) is 9.19. The summed E-state index contributed by atoms with van der Waals surface area (Å²) in [5, 5.41) is 26.4. The number of rotatable bonds is 8. The van der Waals surface area contributed by atoms with Crippen molar-refractivity contribution in [2.75, 3.05) is 20.3 Å². The molecule has 2 bridgehead atoms. The van der Waals surface area contributed by atoms with Crippen LogP contribution in [-0.2, 0) is 14.4 Å². The second-order valence-corrected chi connectivity index (χ2v) is 16.1. The minimum Gasteiger partial charge on any atom is -0.394 e. The van der Waals surface area contributed by atoms with Crippen molar-refractivity contribution in [2.24, 2.45) is 58.7 Å². The van der Waals surface area contributed by atoms with Gasteiger partial charge in [0.15, 0.2) is 0 Å². The number of nitrogens with one attached hydrogen (secondary N) is 1. The molecule has 1 heterocycles. The van der Waals surface area contributed by atoms with Gasteiger partial charge in [0.1, 0.15) is 12.1 Å². The van der Waals surface area contributed by atoms with E-state index in [2.05, 4.69) is 26.1 Å². The predicted molar refractivity (Wildman–Crippen MR) is 163 cm³/mol. The van der Waals surface area contributed by atoms with Crippen molar-refractivity contribution >= 4 is 5.91 Å². The van der Waals surface area contributed by atoms with Gasteiger partial charge in [0.2, 0.25) is 5.91 Å². The van der Waals surface area contributed by atoms with Gasteiger partial charge in [-0.15, -0.1) is 0 Å². The fourth-order valence-electron chi connectivity index (χ4n) is 11.6. The molecule has 0 radical (unpaired) electrons. The molecule has 7 unspecified atom stereocenters. The standard InChI is InChI=1S/C35H60N2O5/c1-20-28-16-24(35(28,3)4)17-29(20)36-34(40)32-31(21(2)39)30(19-38)42-37(32)18-23-12-9-15-27(33(23)41-5)26-14-8-11-22-10-6-7-13-25(22)26/h20-33,38-39H,6-19H2,1-5H3,(H,36,40)/t20?,21-,22?,23?,24+,25?,26?,27?,28-,29-,30-,31-,32-,33?/m0/s1. The topological polar surface area (TPSA) is 91.3 Å². The Kier molecular flexibility index (Phi) is 9.36. The van der Waals surface area contributed by atoms with E-state index in [4.69, 9.17) is 9.57 Å². The first kappa shape index (κ1) is 31.3. The van der Waals surface area contributed by atoms with E-state index < -0.39 is 24.2 Å². The van der Waals surface area contributed by atoms with Crippen molar-refractivity contribution in [3.8, 4) is 0 Å². The van der Waals surface area contributed by atoms with E-state index in [9.17, 15) is 15.0 Å². The van der Waals surface area contributed by atoms with Crippen LogP contribution in [-0.4, -0.2) is 71.8 Å².